The number of carbonyl (C=O) groups excluding carboxylic acids is 3. The van der Waals surface area contributed by atoms with Crippen LogP contribution in [-0.4, -0.2) is 30.4 Å². The Morgan fingerprint density at radius 1 is 0.826 bits per heavy atom. The smallest absolute Gasteiger partial charge is 0.307 e. The monoisotopic (exact) mass is 328 g/mol. The second-order valence-electron chi connectivity index (χ2n) is 5.94. The van der Waals surface area contributed by atoms with Crippen LogP contribution in [0.1, 0.15) is 85.0 Å². The van der Waals surface area contributed by atoms with Crippen molar-refractivity contribution in [1.29, 1.82) is 0 Å². The van der Waals surface area contributed by atoms with E-state index in [2.05, 4.69) is 6.92 Å². The van der Waals surface area contributed by atoms with E-state index in [9.17, 15) is 14.4 Å². The normalized spacial score (nSPS) is 11.8. The van der Waals surface area contributed by atoms with Gasteiger partial charge in [0.05, 0.1) is 19.4 Å². The van der Waals surface area contributed by atoms with Gasteiger partial charge in [-0.05, 0) is 20.3 Å². The molecule has 0 amide bonds. The summed E-state index contributed by atoms with van der Waals surface area (Å²) in [6.45, 7) is 5.49. The fourth-order valence-electron chi connectivity index (χ4n) is 2.04. The zero-order valence-corrected chi connectivity index (χ0v) is 14.9. The largest absolute Gasteiger partial charge is 0.466 e. The van der Waals surface area contributed by atoms with Crippen LogP contribution in [0.2, 0.25) is 0 Å². The number of hydrogen-bond acceptors (Lipinski definition) is 5. The lowest BCUT2D eigenvalue weighted by Gasteiger charge is -2.09. The Kier molecular flexibility index (Phi) is 13.4. The minimum Gasteiger partial charge on any atom is -0.466 e. The third-order valence-electron chi connectivity index (χ3n) is 3.67. The molecule has 134 valence electrons. The average Bonchev–Trinajstić information content (AvgIpc) is 2.51. The van der Waals surface area contributed by atoms with Gasteiger partial charge in [0.25, 0.3) is 0 Å². The lowest BCUT2D eigenvalue weighted by Crippen LogP contribution is -2.22. The summed E-state index contributed by atoms with van der Waals surface area (Å²) in [5.74, 6) is -1.15. The quantitative estimate of drug-likeness (QED) is 0.356. The van der Waals surface area contributed by atoms with Crippen LogP contribution in [0.4, 0.5) is 0 Å². The van der Waals surface area contributed by atoms with E-state index in [1.807, 2.05) is 0 Å². The van der Waals surface area contributed by atoms with Crippen molar-refractivity contribution in [3.8, 4) is 0 Å². The van der Waals surface area contributed by atoms with Crippen molar-refractivity contribution in [2.75, 3.05) is 6.61 Å². The van der Waals surface area contributed by atoms with Crippen molar-refractivity contribution < 1.29 is 23.9 Å². The highest BCUT2D eigenvalue weighted by Gasteiger charge is 2.15. The van der Waals surface area contributed by atoms with Gasteiger partial charge in [0.2, 0.25) is 0 Å². The van der Waals surface area contributed by atoms with Crippen LogP contribution in [0.15, 0.2) is 0 Å². The van der Waals surface area contributed by atoms with Crippen molar-refractivity contribution >= 4 is 17.7 Å². The van der Waals surface area contributed by atoms with Gasteiger partial charge >= 0.3 is 11.9 Å². The minimum absolute atomic E-state index is 0.000472. The number of hydrogen-bond donors (Lipinski definition) is 0. The third-order valence-corrected chi connectivity index (χ3v) is 3.67. The van der Waals surface area contributed by atoms with E-state index >= 15 is 0 Å². The summed E-state index contributed by atoms with van der Waals surface area (Å²) in [6, 6.07) is 0. The lowest BCUT2D eigenvalue weighted by atomic mass is 10.1. The van der Waals surface area contributed by atoms with Gasteiger partial charge in [-0.25, -0.2) is 0 Å². The molecule has 0 heterocycles. The highest BCUT2D eigenvalue weighted by molar-refractivity contribution is 5.84. The van der Waals surface area contributed by atoms with Gasteiger partial charge in [-0.15, -0.1) is 0 Å². The van der Waals surface area contributed by atoms with E-state index in [-0.39, 0.29) is 24.6 Å². The minimum atomic E-state index is -0.754. The van der Waals surface area contributed by atoms with E-state index in [1.165, 1.54) is 52.4 Å². The molecule has 0 radical (unpaired) electrons. The number of Topliss-reactive ketones (excluding diaryl/α,β-unsaturated/α-hetero) is 1. The molecule has 5 heteroatoms. The summed E-state index contributed by atoms with van der Waals surface area (Å²) < 4.78 is 9.94. The maximum absolute atomic E-state index is 11.5. The topological polar surface area (TPSA) is 69.7 Å². The Balaban J connectivity index is 3.47. The Hall–Kier alpha value is -1.39. The Morgan fingerprint density at radius 3 is 1.91 bits per heavy atom. The van der Waals surface area contributed by atoms with Crippen molar-refractivity contribution in [3.63, 3.8) is 0 Å². The van der Waals surface area contributed by atoms with Crippen molar-refractivity contribution in [3.05, 3.63) is 0 Å². The molecule has 0 aromatic heterocycles. The highest BCUT2D eigenvalue weighted by atomic mass is 16.5. The first-order valence-corrected chi connectivity index (χ1v) is 8.83. The molecule has 0 bridgehead atoms. The maximum atomic E-state index is 11.5. The second-order valence-corrected chi connectivity index (χ2v) is 5.94. The van der Waals surface area contributed by atoms with Crippen LogP contribution in [-0.2, 0) is 23.9 Å². The molecule has 0 rings (SSSR count). The van der Waals surface area contributed by atoms with Gasteiger partial charge in [0.15, 0.2) is 11.9 Å². The summed E-state index contributed by atoms with van der Waals surface area (Å²) in [4.78, 5) is 33.8. The number of ketones is 1. The maximum Gasteiger partial charge on any atom is 0.307 e. The van der Waals surface area contributed by atoms with E-state index in [0.29, 0.717) is 6.61 Å². The molecule has 0 aliphatic rings. The van der Waals surface area contributed by atoms with Gasteiger partial charge < -0.3 is 9.47 Å². The molecule has 0 aliphatic heterocycles. The highest BCUT2D eigenvalue weighted by Crippen LogP contribution is 2.08. The second kappa shape index (κ2) is 14.2. The van der Waals surface area contributed by atoms with Gasteiger partial charge in [-0.3, -0.25) is 14.4 Å². The van der Waals surface area contributed by atoms with Crippen molar-refractivity contribution in [2.45, 2.75) is 91.1 Å². The number of rotatable bonds is 14. The van der Waals surface area contributed by atoms with Crippen molar-refractivity contribution in [2.24, 2.45) is 0 Å². The molecule has 0 aromatic rings. The number of ether oxygens (including phenoxy) is 2. The lowest BCUT2D eigenvalue weighted by molar-refractivity contribution is -0.156. The molecule has 23 heavy (non-hydrogen) atoms. The molecule has 0 aromatic carbocycles. The Bertz CT molecular complexity index is 351. The molecule has 0 N–H and O–H groups in total. The van der Waals surface area contributed by atoms with Crippen LogP contribution in [0.25, 0.3) is 0 Å². The van der Waals surface area contributed by atoms with Gasteiger partial charge in [-0.2, -0.15) is 0 Å². The summed E-state index contributed by atoms with van der Waals surface area (Å²) in [6.07, 6.45) is 8.72. The molecule has 0 spiro atoms. The van der Waals surface area contributed by atoms with E-state index < -0.39 is 12.1 Å². The first kappa shape index (κ1) is 21.6. The number of carbonyl (C=O) groups is 3. The van der Waals surface area contributed by atoms with E-state index in [0.717, 1.165) is 12.8 Å². The van der Waals surface area contributed by atoms with Crippen LogP contribution >= 0.6 is 0 Å². The van der Waals surface area contributed by atoms with Gasteiger partial charge in [-0.1, -0.05) is 51.9 Å². The summed E-state index contributed by atoms with van der Waals surface area (Å²) in [5, 5.41) is 0. The Morgan fingerprint density at radius 2 is 1.35 bits per heavy atom. The van der Waals surface area contributed by atoms with E-state index in [4.69, 9.17) is 9.47 Å². The zero-order chi connectivity index (χ0) is 17.5. The molecule has 5 nitrogen and oxygen atoms in total. The predicted molar refractivity (Wildman–Crippen MR) is 89.0 cm³/mol. The van der Waals surface area contributed by atoms with Crippen LogP contribution in [0.5, 0.6) is 0 Å². The molecule has 0 saturated carbocycles. The standard InChI is InChI=1S/C18H32O5/c1-4-5-6-7-8-9-10-11-14-22-17(20)12-13-18(21)23-16(3)15(2)19/h16H,4-14H2,1-3H3. The fourth-order valence-corrected chi connectivity index (χ4v) is 2.04. The van der Waals surface area contributed by atoms with Crippen LogP contribution < -0.4 is 0 Å². The summed E-state index contributed by atoms with van der Waals surface area (Å²) >= 11 is 0. The summed E-state index contributed by atoms with van der Waals surface area (Å²) in [7, 11) is 0. The average molecular weight is 328 g/mol. The molecule has 0 fully saturated rings. The molecule has 1 atom stereocenters. The predicted octanol–water partition coefficient (Wildman–Crippen LogP) is 3.97. The third kappa shape index (κ3) is 14.0. The molecule has 1 unspecified atom stereocenters. The summed E-state index contributed by atoms with van der Waals surface area (Å²) in [5.41, 5.74) is 0. The van der Waals surface area contributed by atoms with Crippen molar-refractivity contribution in [1.82, 2.24) is 0 Å². The Labute approximate surface area is 140 Å². The van der Waals surface area contributed by atoms with Crippen LogP contribution in [0, 0.1) is 0 Å². The van der Waals surface area contributed by atoms with Crippen LogP contribution in [0.3, 0.4) is 0 Å². The van der Waals surface area contributed by atoms with Gasteiger partial charge in [0.1, 0.15) is 0 Å². The SMILES string of the molecule is CCCCCCCCCCOC(=O)CCC(=O)OC(C)C(C)=O. The molecule has 0 saturated heterocycles. The molecule has 0 aliphatic carbocycles. The fraction of sp³-hybridized carbons (Fsp3) is 0.833. The molecular formula is C18H32O5. The first-order valence-electron chi connectivity index (χ1n) is 8.83. The zero-order valence-electron chi connectivity index (χ0n) is 14.9. The van der Waals surface area contributed by atoms with Gasteiger partial charge in [0, 0.05) is 0 Å². The number of esters is 2. The first-order chi connectivity index (χ1) is 11.0. The number of unbranched alkanes of at least 4 members (excludes halogenated alkanes) is 7. The van der Waals surface area contributed by atoms with E-state index in [1.54, 1.807) is 0 Å². The molecular weight excluding hydrogens is 296 g/mol.